The summed E-state index contributed by atoms with van der Waals surface area (Å²) in [5.74, 6) is 0.226. The lowest BCUT2D eigenvalue weighted by atomic mass is 10.1. The number of carbonyl (C=O) groups is 1. The number of amides is 2. The third-order valence-corrected chi connectivity index (χ3v) is 4.46. The normalized spacial score (nSPS) is 10.7. The number of halogens is 1. The summed E-state index contributed by atoms with van der Waals surface area (Å²) in [4.78, 5) is 29.4. The summed E-state index contributed by atoms with van der Waals surface area (Å²) in [6.45, 7) is 0.224. The molecular weight excluding hydrogens is 377 g/mol. The smallest absolute Gasteiger partial charge is 0.322 e. The summed E-state index contributed by atoms with van der Waals surface area (Å²) in [6.07, 6.45) is 0.361. The second-order valence-electron chi connectivity index (χ2n) is 6.51. The van der Waals surface area contributed by atoms with Gasteiger partial charge in [0, 0.05) is 30.5 Å². The predicted molar refractivity (Wildman–Crippen MR) is 109 cm³/mol. The molecule has 2 aromatic carbocycles. The third-order valence-electron chi connectivity index (χ3n) is 4.46. The molecular formula is C21H22FN3O4. The Morgan fingerprint density at radius 1 is 1.21 bits per heavy atom. The van der Waals surface area contributed by atoms with E-state index in [0.29, 0.717) is 28.9 Å². The quantitative estimate of drug-likeness (QED) is 0.569. The highest BCUT2D eigenvalue weighted by Gasteiger charge is 2.16. The van der Waals surface area contributed by atoms with Crippen LogP contribution in [0, 0.1) is 5.82 Å². The van der Waals surface area contributed by atoms with E-state index in [4.69, 9.17) is 9.84 Å². The van der Waals surface area contributed by atoms with Gasteiger partial charge in [-0.25, -0.2) is 9.18 Å². The van der Waals surface area contributed by atoms with E-state index in [9.17, 15) is 14.0 Å². The number of methoxy groups -OCH3 is 1. The van der Waals surface area contributed by atoms with Crippen LogP contribution >= 0.6 is 0 Å². The molecule has 0 atom stereocenters. The Morgan fingerprint density at radius 3 is 2.66 bits per heavy atom. The molecule has 3 N–H and O–H groups in total. The monoisotopic (exact) mass is 399 g/mol. The number of aliphatic hydroxyl groups excluding tert-OH is 1. The van der Waals surface area contributed by atoms with Gasteiger partial charge in [-0.05, 0) is 54.3 Å². The van der Waals surface area contributed by atoms with Crippen molar-refractivity contribution in [3.63, 3.8) is 0 Å². The zero-order valence-electron chi connectivity index (χ0n) is 15.9. The fourth-order valence-corrected chi connectivity index (χ4v) is 2.93. The maximum Gasteiger partial charge on any atom is 0.322 e. The molecule has 0 aliphatic rings. The zero-order valence-corrected chi connectivity index (χ0v) is 15.9. The minimum absolute atomic E-state index is 0.0599. The van der Waals surface area contributed by atoms with Crippen molar-refractivity contribution in [3.8, 4) is 5.75 Å². The maximum absolute atomic E-state index is 13.1. The second kappa shape index (κ2) is 9.20. The number of anilines is 1. The van der Waals surface area contributed by atoms with E-state index >= 15 is 0 Å². The molecule has 29 heavy (non-hydrogen) atoms. The van der Waals surface area contributed by atoms with Crippen LogP contribution in [-0.4, -0.2) is 41.3 Å². The molecule has 0 bridgehead atoms. The summed E-state index contributed by atoms with van der Waals surface area (Å²) >= 11 is 0. The van der Waals surface area contributed by atoms with Crippen LogP contribution in [0.2, 0.25) is 0 Å². The average molecular weight is 399 g/mol. The molecule has 0 saturated carbocycles. The number of pyridine rings is 1. The lowest BCUT2D eigenvalue weighted by Crippen LogP contribution is -2.37. The number of nitrogens with zero attached hydrogens (tertiary/aromatic N) is 1. The Balaban J connectivity index is 1.83. The minimum atomic E-state index is -0.445. The Labute approximate surface area is 166 Å². The number of nitrogens with one attached hydrogen (secondary N) is 2. The summed E-state index contributed by atoms with van der Waals surface area (Å²) in [5.41, 5.74) is 1.17. The fraction of sp³-hybridized carbons (Fsp3) is 0.238. The zero-order chi connectivity index (χ0) is 20.8. The van der Waals surface area contributed by atoms with Crippen molar-refractivity contribution in [1.82, 2.24) is 9.88 Å². The Kier molecular flexibility index (Phi) is 6.46. The number of rotatable bonds is 7. The highest BCUT2D eigenvalue weighted by Crippen LogP contribution is 2.19. The lowest BCUT2D eigenvalue weighted by Gasteiger charge is -2.23. The van der Waals surface area contributed by atoms with Crippen LogP contribution in [-0.2, 0) is 6.54 Å². The molecule has 152 valence electrons. The van der Waals surface area contributed by atoms with Gasteiger partial charge in [-0.3, -0.25) is 4.79 Å². The largest absolute Gasteiger partial charge is 0.497 e. The van der Waals surface area contributed by atoms with Gasteiger partial charge in [-0.15, -0.1) is 0 Å². The van der Waals surface area contributed by atoms with Crippen LogP contribution < -0.4 is 15.6 Å². The Morgan fingerprint density at radius 2 is 1.97 bits per heavy atom. The van der Waals surface area contributed by atoms with Crippen molar-refractivity contribution in [2.75, 3.05) is 25.6 Å². The van der Waals surface area contributed by atoms with Gasteiger partial charge in [0.2, 0.25) is 0 Å². The van der Waals surface area contributed by atoms with Gasteiger partial charge >= 0.3 is 6.03 Å². The maximum atomic E-state index is 13.1. The number of fused-ring (bicyclic) bond motifs is 1. The number of carbonyl (C=O) groups excluding carboxylic acids is 1. The predicted octanol–water partition coefficient (Wildman–Crippen LogP) is 3.09. The molecule has 2 amide bonds. The standard InChI is InChI=1S/C21H22FN3O4/c1-29-18-8-3-14-11-15(20(27)24-19(14)12-18)13-25(9-2-10-26)21(28)23-17-6-4-16(22)5-7-17/h3-8,11-12,26H,2,9-10,13H2,1H3,(H,23,28)(H,24,27). The number of aromatic nitrogens is 1. The van der Waals surface area contributed by atoms with Gasteiger partial charge in [0.1, 0.15) is 11.6 Å². The van der Waals surface area contributed by atoms with Gasteiger partial charge in [-0.2, -0.15) is 0 Å². The minimum Gasteiger partial charge on any atom is -0.497 e. The lowest BCUT2D eigenvalue weighted by molar-refractivity contribution is 0.199. The molecule has 0 fully saturated rings. The number of aliphatic hydroxyl groups is 1. The first kappa shape index (κ1) is 20.3. The Bertz CT molecular complexity index is 1050. The van der Waals surface area contributed by atoms with Crippen LogP contribution in [0.3, 0.4) is 0 Å². The molecule has 1 heterocycles. The second-order valence-corrected chi connectivity index (χ2v) is 6.51. The van der Waals surface area contributed by atoms with Crippen LogP contribution in [0.25, 0.3) is 10.9 Å². The fourth-order valence-electron chi connectivity index (χ4n) is 2.93. The first-order valence-corrected chi connectivity index (χ1v) is 9.12. The number of hydrogen-bond acceptors (Lipinski definition) is 4. The van der Waals surface area contributed by atoms with E-state index in [-0.39, 0.29) is 25.3 Å². The number of urea groups is 1. The van der Waals surface area contributed by atoms with E-state index in [2.05, 4.69) is 10.3 Å². The van der Waals surface area contributed by atoms with Crippen LogP contribution in [0.1, 0.15) is 12.0 Å². The van der Waals surface area contributed by atoms with E-state index < -0.39 is 11.8 Å². The molecule has 0 spiro atoms. The van der Waals surface area contributed by atoms with Crippen molar-refractivity contribution in [2.24, 2.45) is 0 Å². The van der Waals surface area contributed by atoms with Crippen molar-refractivity contribution in [2.45, 2.75) is 13.0 Å². The number of ether oxygens (including phenoxy) is 1. The topological polar surface area (TPSA) is 94.7 Å². The van der Waals surface area contributed by atoms with Gasteiger partial charge in [-0.1, -0.05) is 0 Å². The van der Waals surface area contributed by atoms with E-state index in [1.165, 1.54) is 29.2 Å². The van der Waals surface area contributed by atoms with Crippen molar-refractivity contribution in [1.29, 1.82) is 0 Å². The summed E-state index contributed by atoms with van der Waals surface area (Å²) in [6, 6.07) is 12.0. The van der Waals surface area contributed by atoms with Crippen LogP contribution in [0.4, 0.5) is 14.9 Å². The molecule has 1 aromatic heterocycles. The molecule has 7 nitrogen and oxygen atoms in total. The van der Waals surface area contributed by atoms with Gasteiger partial charge in [0.15, 0.2) is 0 Å². The number of aromatic amines is 1. The van der Waals surface area contributed by atoms with Crippen LogP contribution in [0.15, 0.2) is 53.3 Å². The number of H-pyrrole nitrogens is 1. The van der Waals surface area contributed by atoms with Gasteiger partial charge in [0.25, 0.3) is 5.56 Å². The first-order valence-electron chi connectivity index (χ1n) is 9.12. The SMILES string of the molecule is COc1ccc2cc(CN(CCCO)C(=O)Nc3ccc(F)cc3)c(=O)[nH]c2c1. The molecule has 0 saturated heterocycles. The molecule has 3 rings (SSSR count). The molecule has 0 radical (unpaired) electrons. The van der Waals surface area contributed by atoms with Crippen molar-refractivity contribution < 1.29 is 19.0 Å². The Hall–Kier alpha value is -3.39. The van der Waals surface area contributed by atoms with E-state index in [1.807, 2.05) is 6.07 Å². The highest BCUT2D eigenvalue weighted by molar-refractivity contribution is 5.89. The first-order chi connectivity index (χ1) is 14.0. The molecule has 3 aromatic rings. The van der Waals surface area contributed by atoms with Gasteiger partial charge in [0.05, 0.1) is 19.2 Å². The summed E-state index contributed by atoms with van der Waals surface area (Å²) in [7, 11) is 1.55. The number of benzene rings is 2. The molecule has 8 heteroatoms. The van der Waals surface area contributed by atoms with Crippen molar-refractivity contribution >= 4 is 22.6 Å². The molecule has 0 aliphatic heterocycles. The van der Waals surface area contributed by atoms with Crippen LogP contribution in [0.5, 0.6) is 5.75 Å². The van der Waals surface area contributed by atoms with Gasteiger partial charge < -0.3 is 25.0 Å². The molecule has 0 unspecified atom stereocenters. The number of hydrogen-bond donors (Lipinski definition) is 3. The van der Waals surface area contributed by atoms with Crippen molar-refractivity contribution in [3.05, 3.63) is 70.3 Å². The third kappa shape index (κ3) is 5.11. The molecule has 0 aliphatic carbocycles. The van der Waals surface area contributed by atoms with E-state index in [0.717, 1.165) is 5.39 Å². The van der Waals surface area contributed by atoms with E-state index in [1.54, 1.807) is 25.3 Å². The average Bonchev–Trinajstić information content (AvgIpc) is 2.72. The summed E-state index contributed by atoms with van der Waals surface area (Å²) in [5, 5.41) is 12.6. The highest BCUT2D eigenvalue weighted by atomic mass is 19.1. The summed E-state index contributed by atoms with van der Waals surface area (Å²) < 4.78 is 18.2.